The molecule has 0 unspecified atom stereocenters. The van der Waals surface area contributed by atoms with Gasteiger partial charge < -0.3 is 14.6 Å². The highest BCUT2D eigenvalue weighted by Crippen LogP contribution is 2.30. The van der Waals surface area contributed by atoms with E-state index in [0.717, 1.165) is 0 Å². The lowest BCUT2D eigenvalue weighted by Gasteiger charge is -2.10. The fraction of sp³-hybridized carbons (Fsp3) is 0.250. The van der Waals surface area contributed by atoms with Gasteiger partial charge in [-0.2, -0.15) is 0 Å². The molecule has 0 bridgehead atoms. The van der Waals surface area contributed by atoms with Gasteiger partial charge in [0.05, 0.1) is 19.8 Å². The molecule has 1 aromatic carbocycles. The summed E-state index contributed by atoms with van der Waals surface area (Å²) in [7, 11) is 3.06. The number of rotatable bonds is 4. The van der Waals surface area contributed by atoms with E-state index in [1.54, 1.807) is 18.2 Å². The largest absolute Gasteiger partial charge is 0.496 e. The van der Waals surface area contributed by atoms with Gasteiger partial charge in [0.25, 0.3) is 0 Å². The number of ether oxygens (including phenoxy) is 2. The van der Waals surface area contributed by atoms with E-state index in [-0.39, 0.29) is 5.57 Å². The highest BCUT2D eigenvalue weighted by molar-refractivity contribution is 5.92. The average molecular weight is 222 g/mol. The molecule has 0 aromatic heterocycles. The zero-order valence-corrected chi connectivity index (χ0v) is 9.48. The molecule has 1 rings (SSSR count). The molecule has 0 saturated carbocycles. The van der Waals surface area contributed by atoms with Gasteiger partial charge >= 0.3 is 5.97 Å². The standard InChI is InChI=1S/C12H14O4/c1-8(12(13)14)7-9-10(15-2)5-4-6-11(9)16-3/h4-7H,1-3H3,(H,13,14)/b8-7+. The number of carboxylic acid groups (broad SMARTS) is 1. The third kappa shape index (κ3) is 2.53. The van der Waals surface area contributed by atoms with Gasteiger partial charge in [-0.05, 0) is 25.1 Å². The van der Waals surface area contributed by atoms with Gasteiger partial charge in [0.1, 0.15) is 11.5 Å². The first kappa shape index (κ1) is 12.1. The average Bonchev–Trinajstić information content (AvgIpc) is 2.29. The van der Waals surface area contributed by atoms with E-state index in [1.807, 2.05) is 0 Å². The summed E-state index contributed by atoms with van der Waals surface area (Å²) in [5.41, 5.74) is 0.857. The maximum absolute atomic E-state index is 10.8. The number of hydrogen-bond acceptors (Lipinski definition) is 3. The maximum atomic E-state index is 10.8. The first-order valence-electron chi connectivity index (χ1n) is 4.72. The molecule has 4 nitrogen and oxygen atoms in total. The molecule has 1 aromatic rings. The number of carboxylic acids is 1. The molecule has 0 aliphatic rings. The topological polar surface area (TPSA) is 55.8 Å². The molecular formula is C12H14O4. The van der Waals surface area contributed by atoms with Crippen molar-refractivity contribution in [2.24, 2.45) is 0 Å². The van der Waals surface area contributed by atoms with E-state index in [2.05, 4.69) is 0 Å². The molecule has 0 fully saturated rings. The minimum atomic E-state index is -0.965. The smallest absolute Gasteiger partial charge is 0.331 e. The quantitative estimate of drug-likeness (QED) is 0.793. The molecular weight excluding hydrogens is 208 g/mol. The number of benzene rings is 1. The first-order valence-corrected chi connectivity index (χ1v) is 4.72. The van der Waals surface area contributed by atoms with Crippen molar-refractivity contribution in [1.29, 1.82) is 0 Å². The van der Waals surface area contributed by atoms with Gasteiger partial charge in [0.2, 0.25) is 0 Å². The fourth-order valence-electron chi connectivity index (χ4n) is 1.30. The summed E-state index contributed by atoms with van der Waals surface area (Å²) in [6.45, 7) is 1.52. The van der Waals surface area contributed by atoms with Crippen LogP contribution in [0, 0.1) is 0 Å². The van der Waals surface area contributed by atoms with Crippen LogP contribution in [0.5, 0.6) is 11.5 Å². The third-order valence-electron chi connectivity index (χ3n) is 2.16. The Balaban J connectivity index is 3.29. The second-order valence-electron chi connectivity index (χ2n) is 3.21. The van der Waals surface area contributed by atoms with Gasteiger partial charge in [-0.3, -0.25) is 0 Å². The lowest BCUT2D eigenvalue weighted by molar-refractivity contribution is -0.132. The monoisotopic (exact) mass is 222 g/mol. The Morgan fingerprint density at radius 2 is 1.75 bits per heavy atom. The zero-order valence-electron chi connectivity index (χ0n) is 9.48. The molecule has 0 aliphatic heterocycles. The Morgan fingerprint density at radius 1 is 1.25 bits per heavy atom. The van der Waals surface area contributed by atoms with Crippen LogP contribution in [0.15, 0.2) is 23.8 Å². The van der Waals surface area contributed by atoms with Crippen LogP contribution in [-0.2, 0) is 4.79 Å². The second kappa shape index (κ2) is 5.21. The molecule has 1 N–H and O–H groups in total. The van der Waals surface area contributed by atoms with E-state index in [0.29, 0.717) is 17.1 Å². The van der Waals surface area contributed by atoms with Gasteiger partial charge in [-0.15, -0.1) is 0 Å². The van der Waals surface area contributed by atoms with Crippen LogP contribution in [0.2, 0.25) is 0 Å². The highest BCUT2D eigenvalue weighted by atomic mass is 16.5. The number of methoxy groups -OCH3 is 2. The van der Waals surface area contributed by atoms with E-state index in [4.69, 9.17) is 14.6 Å². The SMILES string of the molecule is COc1cccc(OC)c1/C=C(\C)C(=O)O. The predicted molar refractivity (Wildman–Crippen MR) is 60.8 cm³/mol. The van der Waals surface area contributed by atoms with Crippen molar-refractivity contribution in [1.82, 2.24) is 0 Å². The summed E-state index contributed by atoms with van der Waals surface area (Å²) < 4.78 is 10.3. The van der Waals surface area contributed by atoms with Crippen molar-refractivity contribution < 1.29 is 19.4 Å². The normalized spacial score (nSPS) is 11.1. The summed E-state index contributed by atoms with van der Waals surface area (Å²) >= 11 is 0. The predicted octanol–water partition coefficient (Wildman–Crippen LogP) is 2.19. The lowest BCUT2D eigenvalue weighted by atomic mass is 10.1. The number of carbonyl (C=O) groups is 1. The van der Waals surface area contributed by atoms with Crippen LogP contribution in [-0.4, -0.2) is 25.3 Å². The molecule has 0 radical (unpaired) electrons. The van der Waals surface area contributed by atoms with Crippen molar-refractivity contribution in [3.8, 4) is 11.5 Å². The van der Waals surface area contributed by atoms with Crippen LogP contribution >= 0.6 is 0 Å². The third-order valence-corrected chi connectivity index (χ3v) is 2.16. The second-order valence-corrected chi connectivity index (χ2v) is 3.21. The molecule has 0 amide bonds. The van der Waals surface area contributed by atoms with Crippen LogP contribution in [0.25, 0.3) is 6.08 Å². The Hall–Kier alpha value is -1.97. The number of hydrogen-bond donors (Lipinski definition) is 1. The van der Waals surface area contributed by atoms with Gasteiger partial charge in [0.15, 0.2) is 0 Å². The van der Waals surface area contributed by atoms with Crippen molar-refractivity contribution in [3.63, 3.8) is 0 Å². The summed E-state index contributed by atoms with van der Waals surface area (Å²) in [6, 6.07) is 5.29. The van der Waals surface area contributed by atoms with Crippen LogP contribution in [0.3, 0.4) is 0 Å². The van der Waals surface area contributed by atoms with Crippen LogP contribution < -0.4 is 9.47 Å². The van der Waals surface area contributed by atoms with Crippen LogP contribution in [0.1, 0.15) is 12.5 Å². The number of aliphatic carboxylic acids is 1. The minimum Gasteiger partial charge on any atom is -0.496 e. The Labute approximate surface area is 94.1 Å². The Bertz CT molecular complexity index is 399. The molecule has 0 spiro atoms. The van der Waals surface area contributed by atoms with E-state index in [1.165, 1.54) is 27.2 Å². The van der Waals surface area contributed by atoms with E-state index in [9.17, 15) is 4.79 Å². The fourth-order valence-corrected chi connectivity index (χ4v) is 1.30. The summed E-state index contributed by atoms with van der Waals surface area (Å²) in [6.07, 6.45) is 1.53. The summed E-state index contributed by atoms with van der Waals surface area (Å²) in [5.74, 6) is 0.202. The summed E-state index contributed by atoms with van der Waals surface area (Å²) in [5, 5.41) is 8.82. The molecule has 0 saturated heterocycles. The minimum absolute atomic E-state index is 0.225. The molecule has 0 heterocycles. The first-order chi connectivity index (χ1) is 7.60. The van der Waals surface area contributed by atoms with Crippen molar-refractivity contribution in [2.45, 2.75) is 6.92 Å². The van der Waals surface area contributed by atoms with Gasteiger partial charge in [-0.1, -0.05) is 6.07 Å². The van der Waals surface area contributed by atoms with Crippen molar-refractivity contribution in [2.75, 3.05) is 14.2 Å². The maximum Gasteiger partial charge on any atom is 0.331 e. The van der Waals surface area contributed by atoms with Crippen molar-refractivity contribution >= 4 is 12.0 Å². The van der Waals surface area contributed by atoms with Gasteiger partial charge in [-0.25, -0.2) is 4.79 Å². The van der Waals surface area contributed by atoms with E-state index < -0.39 is 5.97 Å². The zero-order chi connectivity index (χ0) is 12.1. The highest BCUT2D eigenvalue weighted by Gasteiger charge is 2.09. The van der Waals surface area contributed by atoms with E-state index >= 15 is 0 Å². The van der Waals surface area contributed by atoms with Crippen molar-refractivity contribution in [3.05, 3.63) is 29.3 Å². The summed E-state index contributed by atoms with van der Waals surface area (Å²) in [4.78, 5) is 10.8. The lowest BCUT2D eigenvalue weighted by Crippen LogP contribution is -1.98. The molecule has 0 atom stereocenters. The molecule has 0 aliphatic carbocycles. The molecule has 86 valence electrons. The Morgan fingerprint density at radius 3 is 2.12 bits per heavy atom. The van der Waals surface area contributed by atoms with Gasteiger partial charge in [0, 0.05) is 5.57 Å². The molecule has 4 heteroatoms. The molecule has 16 heavy (non-hydrogen) atoms. The van der Waals surface area contributed by atoms with Crippen LogP contribution in [0.4, 0.5) is 0 Å². The Kier molecular flexibility index (Phi) is 3.94.